The Morgan fingerprint density at radius 1 is 1.30 bits per heavy atom. The molecule has 0 bridgehead atoms. The highest BCUT2D eigenvalue weighted by Crippen LogP contribution is 2.22. The van der Waals surface area contributed by atoms with Gasteiger partial charge < -0.3 is 14.1 Å². The van der Waals surface area contributed by atoms with Crippen LogP contribution in [-0.2, 0) is 11.3 Å². The molecule has 1 aliphatic rings. The Balaban J connectivity index is 1.66. The molecule has 5 nitrogen and oxygen atoms in total. The summed E-state index contributed by atoms with van der Waals surface area (Å²) in [5.41, 5.74) is 1.38. The number of fused-ring (bicyclic) bond motifs is 1. The molecule has 2 aromatic heterocycles. The number of hydrogen-bond acceptors (Lipinski definition) is 5. The van der Waals surface area contributed by atoms with E-state index in [4.69, 9.17) is 9.15 Å². The van der Waals surface area contributed by atoms with Crippen molar-refractivity contribution in [2.75, 3.05) is 13.2 Å². The van der Waals surface area contributed by atoms with Crippen LogP contribution < -0.4 is 5.43 Å². The smallest absolute Gasteiger partial charge is 0.290 e. The van der Waals surface area contributed by atoms with Gasteiger partial charge in [-0.15, -0.1) is 11.3 Å². The molecule has 1 aromatic carbocycles. The lowest BCUT2D eigenvalue weighted by Gasteiger charge is -2.25. The van der Waals surface area contributed by atoms with Gasteiger partial charge in [0.25, 0.3) is 5.91 Å². The summed E-state index contributed by atoms with van der Waals surface area (Å²) in [5, 5.41) is 2.50. The average molecular weight is 383 g/mol. The van der Waals surface area contributed by atoms with Gasteiger partial charge in [0.1, 0.15) is 5.58 Å². The minimum absolute atomic E-state index is 0.0291. The van der Waals surface area contributed by atoms with E-state index in [2.05, 4.69) is 0 Å². The second kappa shape index (κ2) is 7.66. The molecular formula is C21H21NO4S. The summed E-state index contributed by atoms with van der Waals surface area (Å²) in [6.45, 7) is 3.75. The van der Waals surface area contributed by atoms with Crippen LogP contribution in [0.1, 0.15) is 33.8 Å². The molecule has 4 rings (SSSR count). The number of ether oxygens (including phenoxy) is 1. The first-order valence-electron chi connectivity index (χ1n) is 9.08. The van der Waals surface area contributed by atoms with E-state index >= 15 is 0 Å². The quantitative estimate of drug-likeness (QED) is 0.669. The number of benzene rings is 1. The molecule has 27 heavy (non-hydrogen) atoms. The predicted molar refractivity (Wildman–Crippen MR) is 105 cm³/mol. The van der Waals surface area contributed by atoms with Gasteiger partial charge in [-0.05, 0) is 48.9 Å². The lowest BCUT2D eigenvalue weighted by atomic mass is 10.2. The molecule has 3 heterocycles. The SMILES string of the molecule is Cc1ccsc1CN(C[C@H]1CCCO1)C(=O)c1cc(=O)c2ccccc2o1. The summed E-state index contributed by atoms with van der Waals surface area (Å²) < 4.78 is 11.5. The number of aryl methyl sites for hydroxylation is 1. The van der Waals surface area contributed by atoms with E-state index in [0.29, 0.717) is 24.1 Å². The molecule has 0 spiro atoms. The molecule has 140 valence electrons. The van der Waals surface area contributed by atoms with E-state index in [9.17, 15) is 9.59 Å². The van der Waals surface area contributed by atoms with Crippen LogP contribution >= 0.6 is 11.3 Å². The van der Waals surface area contributed by atoms with Crippen LogP contribution in [0.25, 0.3) is 11.0 Å². The van der Waals surface area contributed by atoms with Crippen molar-refractivity contribution >= 4 is 28.2 Å². The van der Waals surface area contributed by atoms with Gasteiger partial charge in [0.2, 0.25) is 0 Å². The van der Waals surface area contributed by atoms with Crippen molar-refractivity contribution in [3.63, 3.8) is 0 Å². The van der Waals surface area contributed by atoms with Crippen LogP contribution in [0, 0.1) is 6.92 Å². The van der Waals surface area contributed by atoms with E-state index in [1.165, 1.54) is 6.07 Å². The Labute approximate surface area is 161 Å². The van der Waals surface area contributed by atoms with E-state index in [0.717, 1.165) is 29.9 Å². The second-order valence-corrected chi connectivity index (χ2v) is 7.82. The first kappa shape index (κ1) is 17.9. The van der Waals surface area contributed by atoms with Crippen LogP contribution in [0.3, 0.4) is 0 Å². The zero-order chi connectivity index (χ0) is 18.8. The van der Waals surface area contributed by atoms with Crippen molar-refractivity contribution in [2.45, 2.75) is 32.4 Å². The minimum Gasteiger partial charge on any atom is -0.451 e. The maximum Gasteiger partial charge on any atom is 0.290 e. The number of rotatable bonds is 5. The van der Waals surface area contributed by atoms with E-state index in [-0.39, 0.29) is 23.2 Å². The number of nitrogens with zero attached hydrogens (tertiary/aromatic N) is 1. The monoisotopic (exact) mass is 383 g/mol. The molecule has 1 saturated heterocycles. The Morgan fingerprint density at radius 2 is 2.15 bits per heavy atom. The summed E-state index contributed by atoms with van der Waals surface area (Å²) >= 11 is 1.63. The normalized spacial score (nSPS) is 16.7. The van der Waals surface area contributed by atoms with E-state index < -0.39 is 0 Å². The average Bonchev–Trinajstić information content (AvgIpc) is 3.33. The van der Waals surface area contributed by atoms with Crippen molar-refractivity contribution < 1.29 is 13.9 Å². The molecule has 1 aliphatic heterocycles. The maximum absolute atomic E-state index is 13.2. The Bertz CT molecular complexity index is 1020. The molecule has 1 fully saturated rings. The standard InChI is InChI=1S/C21H21NO4S/c1-14-8-10-27-20(14)13-22(12-15-5-4-9-25-15)21(24)19-11-17(23)16-6-2-3-7-18(16)26-19/h2-3,6-8,10-11,15H,4-5,9,12-13H2,1H3/t15-/m1/s1. The molecule has 0 aliphatic carbocycles. The summed E-state index contributed by atoms with van der Waals surface area (Å²) in [4.78, 5) is 28.5. The number of hydrogen-bond donors (Lipinski definition) is 0. The molecule has 3 aromatic rings. The van der Waals surface area contributed by atoms with Gasteiger partial charge in [-0.1, -0.05) is 12.1 Å². The molecule has 0 N–H and O–H groups in total. The molecule has 0 radical (unpaired) electrons. The van der Waals surface area contributed by atoms with E-state index in [1.807, 2.05) is 18.4 Å². The highest BCUT2D eigenvalue weighted by atomic mass is 32.1. The number of carbonyl (C=O) groups is 1. The van der Waals surface area contributed by atoms with Crippen LogP contribution in [-0.4, -0.2) is 30.1 Å². The minimum atomic E-state index is -0.277. The zero-order valence-electron chi connectivity index (χ0n) is 15.1. The predicted octanol–water partition coefficient (Wildman–Crippen LogP) is 3.98. The maximum atomic E-state index is 13.2. The van der Waals surface area contributed by atoms with Gasteiger partial charge in [-0.25, -0.2) is 0 Å². The van der Waals surface area contributed by atoms with Crippen LogP contribution in [0.2, 0.25) is 0 Å². The molecule has 0 unspecified atom stereocenters. The number of amides is 1. The summed E-state index contributed by atoms with van der Waals surface area (Å²) in [5.74, 6) is -0.202. The first-order valence-corrected chi connectivity index (χ1v) is 9.96. The Hall–Kier alpha value is -2.44. The lowest BCUT2D eigenvalue weighted by molar-refractivity contribution is 0.0486. The third kappa shape index (κ3) is 3.82. The third-order valence-electron chi connectivity index (χ3n) is 4.88. The fourth-order valence-electron chi connectivity index (χ4n) is 3.36. The molecule has 0 saturated carbocycles. The highest BCUT2D eigenvalue weighted by Gasteiger charge is 2.26. The number of carbonyl (C=O) groups excluding carboxylic acids is 1. The first-order chi connectivity index (χ1) is 13.1. The van der Waals surface area contributed by atoms with Crippen molar-refractivity contribution in [3.8, 4) is 0 Å². The topological polar surface area (TPSA) is 59.8 Å². The fraction of sp³-hybridized carbons (Fsp3) is 0.333. The molecule has 1 amide bonds. The van der Waals surface area contributed by atoms with Crippen molar-refractivity contribution in [1.29, 1.82) is 0 Å². The third-order valence-corrected chi connectivity index (χ3v) is 5.89. The molecule has 6 heteroatoms. The number of para-hydroxylation sites is 1. The van der Waals surface area contributed by atoms with Gasteiger partial charge in [0.05, 0.1) is 18.0 Å². The van der Waals surface area contributed by atoms with Gasteiger partial charge in [-0.3, -0.25) is 9.59 Å². The van der Waals surface area contributed by atoms with E-state index in [1.54, 1.807) is 40.5 Å². The van der Waals surface area contributed by atoms with Crippen molar-refractivity contribution in [2.24, 2.45) is 0 Å². The van der Waals surface area contributed by atoms with Crippen molar-refractivity contribution in [1.82, 2.24) is 4.90 Å². The Kier molecular flexibility index (Phi) is 5.09. The van der Waals surface area contributed by atoms with Crippen molar-refractivity contribution in [3.05, 3.63) is 68.2 Å². The summed E-state index contributed by atoms with van der Waals surface area (Å²) in [7, 11) is 0. The lowest BCUT2D eigenvalue weighted by Crippen LogP contribution is -2.37. The van der Waals surface area contributed by atoms with Crippen LogP contribution in [0.4, 0.5) is 0 Å². The highest BCUT2D eigenvalue weighted by molar-refractivity contribution is 7.10. The van der Waals surface area contributed by atoms with Crippen LogP contribution in [0.15, 0.2) is 51.0 Å². The van der Waals surface area contributed by atoms with Crippen LogP contribution in [0.5, 0.6) is 0 Å². The van der Waals surface area contributed by atoms with Gasteiger partial charge in [0.15, 0.2) is 11.2 Å². The van der Waals surface area contributed by atoms with Gasteiger partial charge >= 0.3 is 0 Å². The molecular weight excluding hydrogens is 362 g/mol. The molecule has 1 atom stereocenters. The Morgan fingerprint density at radius 3 is 2.89 bits per heavy atom. The summed E-state index contributed by atoms with van der Waals surface area (Å²) in [6.07, 6.45) is 1.98. The fourth-order valence-corrected chi connectivity index (χ4v) is 4.28. The number of thiophene rings is 1. The van der Waals surface area contributed by atoms with Gasteiger partial charge in [0, 0.05) is 24.1 Å². The summed E-state index contributed by atoms with van der Waals surface area (Å²) in [6, 6.07) is 10.3. The second-order valence-electron chi connectivity index (χ2n) is 6.82. The largest absolute Gasteiger partial charge is 0.451 e. The van der Waals surface area contributed by atoms with Gasteiger partial charge in [-0.2, -0.15) is 0 Å². The zero-order valence-corrected chi connectivity index (χ0v) is 16.0.